The first kappa shape index (κ1) is 16.6. The molecule has 0 aliphatic heterocycles. The van der Waals surface area contributed by atoms with Crippen LogP contribution in [0.15, 0.2) is 42.5 Å². The maximum atomic E-state index is 6.11. The lowest BCUT2D eigenvalue weighted by Gasteiger charge is -2.15. The number of hydrogen-bond acceptors (Lipinski definition) is 2. The summed E-state index contributed by atoms with van der Waals surface area (Å²) in [6.07, 6.45) is 1.16. The average Bonchev–Trinajstić information content (AvgIpc) is 2.93. The van der Waals surface area contributed by atoms with Crippen LogP contribution < -0.4 is 4.74 Å². The highest BCUT2D eigenvalue weighted by Gasteiger charge is 2.13. The molecule has 0 bridgehead atoms. The van der Waals surface area contributed by atoms with E-state index in [0.29, 0.717) is 12.5 Å². The zero-order valence-corrected chi connectivity index (χ0v) is 15.0. The summed E-state index contributed by atoms with van der Waals surface area (Å²) in [6.45, 7) is 10.2. The first-order valence-electron chi connectivity index (χ1n) is 8.72. The first-order valence-corrected chi connectivity index (χ1v) is 8.72. The van der Waals surface area contributed by atoms with Crippen molar-refractivity contribution in [3.05, 3.63) is 59.4 Å². The molecule has 0 fully saturated rings. The Balaban J connectivity index is 1.90. The van der Waals surface area contributed by atoms with Crippen molar-refractivity contribution < 1.29 is 4.74 Å². The van der Waals surface area contributed by atoms with Gasteiger partial charge in [0, 0.05) is 6.54 Å². The van der Waals surface area contributed by atoms with Crippen molar-refractivity contribution in [3.63, 3.8) is 0 Å². The van der Waals surface area contributed by atoms with Crippen molar-refractivity contribution in [1.82, 2.24) is 9.55 Å². The van der Waals surface area contributed by atoms with Gasteiger partial charge in [-0.05, 0) is 49.1 Å². The molecule has 3 aromatic rings. The van der Waals surface area contributed by atoms with Crippen molar-refractivity contribution >= 4 is 11.0 Å². The van der Waals surface area contributed by atoms with Crippen LogP contribution >= 0.6 is 0 Å². The van der Waals surface area contributed by atoms with E-state index in [1.165, 1.54) is 11.1 Å². The number of aromatic nitrogens is 2. The number of hydrogen-bond donors (Lipinski definition) is 0. The van der Waals surface area contributed by atoms with E-state index in [1.54, 1.807) is 0 Å². The SMILES string of the molecule is CCC(C)Cn1c(COc2cc(C)ccc2C)nc2ccccc21. The Morgan fingerprint density at radius 1 is 1.12 bits per heavy atom. The highest BCUT2D eigenvalue weighted by molar-refractivity contribution is 5.75. The largest absolute Gasteiger partial charge is 0.485 e. The third kappa shape index (κ3) is 3.45. The Kier molecular flexibility index (Phi) is 4.89. The zero-order valence-electron chi connectivity index (χ0n) is 15.0. The quantitative estimate of drug-likeness (QED) is 0.617. The van der Waals surface area contributed by atoms with Gasteiger partial charge >= 0.3 is 0 Å². The van der Waals surface area contributed by atoms with Gasteiger partial charge < -0.3 is 9.30 Å². The van der Waals surface area contributed by atoms with E-state index in [9.17, 15) is 0 Å². The standard InChI is InChI=1S/C21H26N2O/c1-5-15(2)13-23-19-9-7-6-8-18(19)22-21(23)14-24-20-12-16(3)10-11-17(20)4/h6-12,15H,5,13-14H2,1-4H3. The molecule has 24 heavy (non-hydrogen) atoms. The Labute approximate surface area is 144 Å². The fourth-order valence-electron chi connectivity index (χ4n) is 2.89. The third-order valence-corrected chi connectivity index (χ3v) is 4.63. The van der Waals surface area contributed by atoms with Crippen LogP contribution in [0.3, 0.4) is 0 Å². The molecule has 0 amide bonds. The lowest BCUT2D eigenvalue weighted by atomic mass is 10.1. The van der Waals surface area contributed by atoms with Crippen molar-refractivity contribution in [2.75, 3.05) is 0 Å². The third-order valence-electron chi connectivity index (χ3n) is 4.63. The lowest BCUT2D eigenvalue weighted by Crippen LogP contribution is -2.12. The van der Waals surface area contributed by atoms with E-state index in [1.807, 2.05) is 6.07 Å². The smallest absolute Gasteiger partial charge is 0.148 e. The van der Waals surface area contributed by atoms with E-state index in [0.717, 1.165) is 35.6 Å². The average molecular weight is 322 g/mol. The van der Waals surface area contributed by atoms with Gasteiger partial charge in [-0.15, -0.1) is 0 Å². The van der Waals surface area contributed by atoms with Gasteiger partial charge in [-0.3, -0.25) is 0 Å². The molecule has 0 radical (unpaired) electrons. The Hall–Kier alpha value is -2.29. The number of ether oxygens (including phenoxy) is 1. The molecule has 126 valence electrons. The monoisotopic (exact) mass is 322 g/mol. The van der Waals surface area contributed by atoms with E-state index >= 15 is 0 Å². The van der Waals surface area contributed by atoms with E-state index in [2.05, 4.69) is 68.7 Å². The van der Waals surface area contributed by atoms with Crippen molar-refractivity contribution in [1.29, 1.82) is 0 Å². The van der Waals surface area contributed by atoms with Crippen LogP contribution in [0.25, 0.3) is 11.0 Å². The van der Waals surface area contributed by atoms with Crippen molar-refractivity contribution in [2.45, 2.75) is 47.3 Å². The second-order valence-electron chi connectivity index (χ2n) is 6.70. The fourth-order valence-corrected chi connectivity index (χ4v) is 2.89. The molecule has 0 spiro atoms. The predicted octanol–water partition coefficient (Wildman–Crippen LogP) is 5.28. The molecular weight excluding hydrogens is 296 g/mol. The fraction of sp³-hybridized carbons (Fsp3) is 0.381. The molecule has 0 saturated carbocycles. The summed E-state index contributed by atoms with van der Waals surface area (Å²) in [6, 6.07) is 14.6. The number of nitrogens with zero attached hydrogens (tertiary/aromatic N) is 2. The summed E-state index contributed by atoms with van der Waals surface area (Å²) in [7, 11) is 0. The second kappa shape index (κ2) is 7.08. The summed E-state index contributed by atoms with van der Waals surface area (Å²) in [5, 5.41) is 0. The maximum absolute atomic E-state index is 6.11. The number of para-hydroxylation sites is 2. The summed E-state index contributed by atoms with van der Waals surface area (Å²) >= 11 is 0. The number of imidazole rings is 1. The Morgan fingerprint density at radius 3 is 2.71 bits per heavy atom. The molecule has 3 nitrogen and oxygen atoms in total. The summed E-state index contributed by atoms with van der Waals surface area (Å²) in [4.78, 5) is 4.81. The maximum Gasteiger partial charge on any atom is 0.148 e. The minimum atomic E-state index is 0.495. The topological polar surface area (TPSA) is 27.1 Å². The minimum absolute atomic E-state index is 0.495. The van der Waals surface area contributed by atoms with Crippen LogP contribution in [0, 0.1) is 19.8 Å². The molecule has 0 saturated heterocycles. The molecule has 1 atom stereocenters. The number of fused-ring (bicyclic) bond motifs is 1. The van der Waals surface area contributed by atoms with Gasteiger partial charge in [0.25, 0.3) is 0 Å². The Bertz CT molecular complexity index is 835. The zero-order chi connectivity index (χ0) is 17.1. The lowest BCUT2D eigenvalue weighted by molar-refractivity contribution is 0.284. The molecular formula is C21H26N2O. The first-order chi connectivity index (χ1) is 11.6. The van der Waals surface area contributed by atoms with Crippen LogP contribution in [-0.4, -0.2) is 9.55 Å². The summed E-state index contributed by atoms with van der Waals surface area (Å²) in [5.41, 5.74) is 4.60. The molecule has 3 rings (SSSR count). The van der Waals surface area contributed by atoms with Gasteiger partial charge in [0.1, 0.15) is 18.2 Å². The molecule has 0 N–H and O–H groups in total. The van der Waals surface area contributed by atoms with Crippen LogP contribution in [0.2, 0.25) is 0 Å². The van der Waals surface area contributed by atoms with Crippen LogP contribution in [0.5, 0.6) is 5.75 Å². The normalized spacial score (nSPS) is 12.5. The van der Waals surface area contributed by atoms with Crippen LogP contribution in [0.1, 0.15) is 37.2 Å². The van der Waals surface area contributed by atoms with Gasteiger partial charge in [-0.25, -0.2) is 4.98 Å². The van der Waals surface area contributed by atoms with Crippen LogP contribution in [-0.2, 0) is 13.2 Å². The van der Waals surface area contributed by atoms with Gasteiger partial charge in [-0.2, -0.15) is 0 Å². The molecule has 0 aliphatic rings. The highest BCUT2D eigenvalue weighted by Crippen LogP contribution is 2.23. The number of aryl methyl sites for hydroxylation is 2. The van der Waals surface area contributed by atoms with E-state index < -0.39 is 0 Å². The summed E-state index contributed by atoms with van der Waals surface area (Å²) < 4.78 is 8.42. The second-order valence-corrected chi connectivity index (χ2v) is 6.70. The number of benzene rings is 2. The molecule has 1 unspecified atom stereocenters. The van der Waals surface area contributed by atoms with Crippen molar-refractivity contribution in [3.8, 4) is 5.75 Å². The molecule has 0 aliphatic carbocycles. The van der Waals surface area contributed by atoms with E-state index in [4.69, 9.17) is 9.72 Å². The van der Waals surface area contributed by atoms with Crippen molar-refractivity contribution in [2.24, 2.45) is 5.92 Å². The highest BCUT2D eigenvalue weighted by atomic mass is 16.5. The summed E-state index contributed by atoms with van der Waals surface area (Å²) in [5.74, 6) is 2.55. The Morgan fingerprint density at radius 2 is 1.92 bits per heavy atom. The molecule has 3 heteroatoms. The molecule has 2 aromatic carbocycles. The number of rotatable bonds is 6. The van der Waals surface area contributed by atoms with Gasteiger partial charge in [0.2, 0.25) is 0 Å². The molecule has 1 aromatic heterocycles. The minimum Gasteiger partial charge on any atom is -0.485 e. The van der Waals surface area contributed by atoms with Gasteiger partial charge in [0.05, 0.1) is 11.0 Å². The van der Waals surface area contributed by atoms with Crippen LogP contribution in [0.4, 0.5) is 0 Å². The predicted molar refractivity (Wildman–Crippen MR) is 99.4 cm³/mol. The molecule has 1 heterocycles. The van der Waals surface area contributed by atoms with Gasteiger partial charge in [-0.1, -0.05) is 44.5 Å². The van der Waals surface area contributed by atoms with E-state index in [-0.39, 0.29) is 0 Å². The van der Waals surface area contributed by atoms with Gasteiger partial charge in [0.15, 0.2) is 0 Å².